The number of sulfonamides is 1. The van der Waals surface area contributed by atoms with Gasteiger partial charge in [0.1, 0.15) is 5.75 Å². The number of amides is 1. The lowest BCUT2D eigenvalue weighted by Gasteiger charge is -2.22. The van der Waals surface area contributed by atoms with Crippen molar-refractivity contribution in [3.05, 3.63) is 59.2 Å². The molecule has 1 saturated heterocycles. The van der Waals surface area contributed by atoms with Crippen LogP contribution >= 0.6 is 0 Å². The van der Waals surface area contributed by atoms with Gasteiger partial charge >= 0.3 is 0 Å². The fraction of sp³-hybridized carbons (Fsp3) is 0.458. The first-order valence-electron chi connectivity index (χ1n) is 10.8. The predicted octanol–water partition coefficient (Wildman–Crippen LogP) is 4.31. The second-order valence-corrected chi connectivity index (χ2v) is 10.4. The van der Waals surface area contributed by atoms with E-state index in [-0.39, 0.29) is 16.8 Å². The fourth-order valence-electron chi connectivity index (χ4n) is 3.91. The molecule has 1 aliphatic heterocycles. The smallest absolute Gasteiger partial charge is 0.251 e. The normalized spacial score (nSPS) is 15.8. The van der Waals surface area contributed by atoms with Crippen molar-refractivity contribution >= 4 is 15.9 Å². The maximum atomic E-state index is 13.1. The molecule has 6 nitrogen and oxygen atoms in total. The molecule has 2 aromatic carbocycles. The molecule has 0 aliphatic carbocycles. The Labute approximate surface area is 185 Å². The molecular formula is C24H32N2O4S. The van der Waals surface area contributed by atoms with Crippen molar-refractivity contribution in [2.45, 2.75) is 51.0 Å². The largest absolute Gasteiger partial charge is 0.497 e. The Kier molecular flexibility index (Phi) is 7.38. The monoisotopic (exact) mass is 444 g/mol. The molecule has 168 valence electrons. The zero-order chi connectivity index (χ0) is 22.6. The van der Waals surface area contributed by atoms with E-state index >= 15 is 0 Å². The lowest BCUT2D eigenvalue weighted by molar-refractivity contribution is 0.0931. The van der Waals surface area contributed by atoms with Gasteiger partial charge in [-0.3, -0.25) is 4.79 Å². The third-order valence-electron chi connectivity index (χ3n) is 5.66. The molecule has 1 aliphatic rings. The topological polar surface area (TPSA) is 75.7 Å². The molecule has 1 N–H and O–H groups in total. The van der Waals surface area contributed by atoms with Gasteiger partial charge in [-0.25, -0.2) is 8.42 Å². The number of hydrogen-bond acceptors (Lipinski definition) is 4. The number of methoxy groups -OCH3 is 1. The Morgan fingerprint density at radius 2 is 1.74 bits per heavy atom. The van der Waals surface area contributed by atoms with Gasteiger partial charge in [0.2, 0.25) is 10.0 Å². The van der Waals surface area contributed by atoms with Crippen LogP contribution in [0.2, 0.25) is 0 Å². The standard InChI is InChI=1S/C24H32N2O4S/c1-17(2)15-22(19-9-11-21(30-4)12-10-19)25-24(27)20-8-7-18(3)23(16-20)31(28,29)26-13-5-6-14-26/h7-12,16-17,22H,5-6,13-15H2,1-4H3,(H,25,27). The Hall–Kier alpha value is -2.38. The summed E-state index contributed by atoms with van der Waals surface area (Å²) in [5.41, 5.74) is 1.99. The first kappa shape index (κ1) is 23.3. The molecule has 1 atom stereocenters. The summed E-state index contributed by atoms with van der Waals surface area (Å²) in [7, 11) is -1.97. The summed E-state index contributed by atoms with van der Waals surface area (Å²) in [6.07, 6.45) is 2.51. The molecule has 0 spiro atoms. The van der Waals surface area contributed by atoms with Crippen molar-refractivity contribution in [2.75, 3.05) is 20.2 Å². The molecule has 0 aromatic heterocycles. The van der Waals surface area contributed by atoms with E-state index < -0.39 is 10.0 Å². The fourth-order valence-corrected chi connectivity index (χ4v) is 5.68. The minimum Gasteiger partial charge on any atom is -0.497 e. The number of ether oxygens (including phenoxy) is 1. The first-order valence-corrected chi connectivity index (χ1v) is 12.2. The second kappa shape index (κ2) is 9.83. The number of nitrogens with one attached hydrogen (secondary N) is 1. The molecule has 0 saturated carbocycles. The van der Waals surface area contributed by atoms with E-state index in [2.05, 4.69) is 19.2 Å². The van der Waals surface area contributed by atoms with E-state index in [9.17, 15) is 13.2 Å². The van der Waals surface area contributed by atoms with Crippen LogP contribution in [0.25, 0.3) is 0 Å². The van der Waals surface area contributed by atoms with Crippen LogP contribution in [0.3, 0.4) is 0 Å². The highest BCUT2D eigenvalue weighted by molar-refractivity contribution is 7.89. The molecule has 1 amide bonds. The van der Waals surface area contributed by atoms with E-state index in [0.29, 0.717) is 30.1 Å². The zero-order valence-corrected chi connectivity index (χ0v) is 19.5. The van der Waals surface area contributed by atoms with Crippen LogP contribution in [-0.4, -0.2) is 38.8 Å². The van der Waals surface area contributed by atoms with Crippen molar-refractivity contribution in [3.63, 3.8) is 0 Å². The summed E-state index contributed by atoms with van der Waals surface area (Å²) >= 11 is 0. The average Bonchev–Trinajstić information content (AvgIpc) is 3.29. The highest BCUT2D eigenvalue weighted by Crippen LogP contribution is 2.27. The summed E-state index contributed by atoms with van der Waals surface area (Å²) < 4.78 is 32.9. The van der Waals surface area contributed by atoms with Crippen LogP contribution in [0.1, 0.15) is 60.6 Å². The van der Waals surface area contributed by atoms with Crippen molar-refractivity contribution in [1.29, 1.82) is 0 Å². The van der Waals surface area contributed by atoms with Gasteiger partial charge in [-0.05, 0) is 67.5 Å². The lowest BCUT2D eigenvalue weighted by Crippen LogP contribution is -2.31. The number of nitrogens with zero attached hydrogens (tertiary/aromatic N) is 1. The van der Waals surface area contributed by atoms with Gasteiger partial charge in [0.15, 0.2) is 0 Å². The van der Waals surface area contributed by atoms with Crippen LogP contribution < -0.4 is 10.1 Å². The van der Waals surface area contributed by atoms with Gasteiger partial charge in [0, 0.05) is 18.7 Å². The molecule has 3 rings (SSSR count). The van der Waals surface area contributed by atoms with Gasteiger partial charge < -0.3 is 10.1 Å². The Bertz CT molecular complexity index is 1010. The molecule has 0 bridgehead atoms. The van der Waals surface area contributed by atoms with Gasteiger partial charge in [-0.2, -0.15) is 4.31 Å². The van der Waals surface area contributed by atoms with Crippen LogP contribution in [-0.2, 0) is 10.0 Å². The molecule has 1 fully saturated rings. The Morgan fingerprint density at radius 1 is 1.10 bits per heavy atom. The highest BCUT2D eigenvalue weighted by Gasteiger charge is 2.29. The van der Waals surface area contributed by atoms with Gasteiger partial charge in [-0.15, -0.1) is 0 Å². The van der Waals surface area contributed by atoms with E-state index in [4.69, 9.17) is 4.74 Å². The minimum absolute atomic E-state index is 0.182. The number of aryl methyl sites for hydroxylation is 1. The molecule has 31 heavy (non-hydrogen) atoms. The summed E-state index contributed by atoms with van der Waals surface area (Å²) in [6, 6.07) is 12.4. The van der Waals surface area contributed by atoms with Crippen molar-refractivity contribution in [1.82, 2.24) is 9.62 Å². The van der Waals surface area contributed by atoms with E-state index in [1.165, 1.54) is 10.4 Å². The van der Waals surface area contributed by atoms with Crippen molar-refractivity contribution < 1.29 is 17.9 Å². The molecule has 2 aromatic rings. The first-order chi connectivity index (χ1) is 14.7. The predicted molar refractivity (Wildman–Crippen MR) is 122 cm³/mol. The second-order valence-electron chi connectivity index (χ2n) is 8.52. The quantitative estimate of drug-likeness (QED) is 0.658. The van der Waals surface area contributed by atoms with Gasteiger partial charge in [-0.1, -0.05) is 32.0 Å². The Balaban J connectivity index is 1.86. The molecule has 1 unspecified atom stereocenters. The zero-order valence-electron chi connectivity index (χ0n) is 18.7. The van der Waals surface area contributed by atoms with Gasteiger partial charge in [0.05, 0.1) is 18.0 Å². The van der Waals surface area contributed by atoms with Crippen molar-refractivity contribution in [2.24, 2.45) is 5.92 Å². The van der Waals surface area contributed by atoms with Crippen LogP contribution in [0.5, 0.6) is 5.75 Å². The number of benzene rings is 2. The summed E-state index contributed by atoms with van der Waals surface area (Å²) in [4.78, 5) is 13.3. The molecule has 7 heteroatoms. The third-order valence-corrected chi connectivity index (χ3v) is 7.70. The lowest BCUT2D eigenvalue weighted by atomic mass is 9.96. The molecular weight excluding hydrogens is 412 g/mol. The molecule has 1 heterocycles. The van der Waals surface area contributed by atoms with Crippen LogP contribution in [0.15, 0.2) is 47.4 Å². The van der Waals surface area contributed by atoms with Crippen LogP contribution in [0.4, 0.5) is 0 Å². The summed E-state index contributed by atoms with van der Waals surface area (Å²) in [5.74, 6) is 0.851. The number of carbonyl (C=O) groups is 1. The number of rotatable bonds is 8. The number of hydrogen-bond donors (Lipinski definition) is 1. The van der Waals surface area contributed by atoms with Crippen molar-refractivity contribution in [3.8, 4) is 5.75 Å². The van der Waals surface area contributed by atoms with Gasteiger partial charge in [0.25, 0.3) is 5.91 Å². The van der Waals surface area contributed by atoms with E-state index in [1.54, 1.807) is 26.2 Å². The summed E-state index contributed by atoms with van der Waals surface area (Å²) in [5, 5.41) is 3.10. The highest BCUT2D eigenvalue weighted by atomic mass is 32.2. The molecule has 0 radical (unpaired) electrons. The summed E-state index contributed by atoms with van der Waals surface area (Å²) in [6.45, 7) is 7.05. The minimum atomic E-state index is -3.59. The van der Waals surface area contributed by atoms with E-state index in [0.717, 1.165) is 30.6 Å². The van der Waals surface area contributed by atoms with Crippen LogP contribution in [0, 0.1) is 12.8 Å². The SMILES string of the molecule is COc1ccc(C(CC(C)C)NC(=O)c2ccc(C)c(S(=O)(=O)N3CCCC3)c2)cc1. The third kappa shape index (κ3) is 5.46. The van der Waals surface area contributed by atoms with E-state index in [1.807, 2.05) is 24.3 Å². The maximum absolute atomic E-state index is 13.1. The Morgan fingerprint density at radius 3 is 2.32 bits per heavy atom. The number of carbonyl (C=O) groups excluding carboxylic acids is 1. The average molecular weight is 445 g/mol. The maximum Gasteiger partial charge on any atom is 0.251 e.